The maximum atomic E-state index is 13.1. The van der Waals surface area contributed by atoms with Gasteiger partial charge in [-0.15, -0.1) is 0 Å². The van der Waals surface area contributed by atoms with Crippen LogP contribution in [0.3, 0.4) is 0 Å². The van der Waals surface area contributed by atoms with Crippen LogP contribution in [0.1, 0.15) is 17.5 Å². The monoisotopic (exact) mass is 496 g/mol. The number of carbonyl (C=O) groups excluding carboxylic acids is 2. The molecule has 7 rings (SSSR count). The van der Waals surface area contributed by atoms with Gasteiger partial charge < -0.3 is 9.47 Å². The van der Waals surface area contributed by atoms with Crippen LogP contribution < -0.4 is 9.47 Å². The Balaban J connectivity index is 1.20. The fourth-order valence-electron chi connectivity index (χ4n) is 5.87. The number of hydrogen-bond donors (Lipinski definition) is 0. The number of methoxy groups -OCH3 is 1. The predicted molar refractivity (Wildman–Crippen MR) is 128 cm³/mol. The molecule has 0 radical (unpaired) electrons. The highest BCUT2D eigenvalue weighted by atomic mass is 35.5. The number of rotatable bonds is 6. The van der Waals surface area contributed by atoms with Gasteiger partial charge in [0.1, 0.15) is 6.61 Å². The van der Waals surface area contributed by atoms with Gasteiger partial charge in [0.25, 0.3) is 11.8 Å². The highest BCUT2D eigenvalue weighted by Crippen LogP contribution is 2.65. The first kappa shape index (κ1) is 21.7. The van der Waals surface area contributed by atoms with Gasteiger partial charge in [0.2, 0.25) is 0 Å². The van der Waals surface area contributed by atoms with Crippen LogP contribution in [-0.4, -0.2) is 30.1 Å². The third-order valence-corrected chi connectivity index (χ3v) is 8.04. The summed E-state index contributed by atoms with van der Waals surface area (Å²) >= 11 is 12.4. The molecule has 0 spiro atoms. The van der Waals surface area contributed by atoms with Gasteiger partial charge in [0.05, 0.1) is 30.2 Å². The normalized spacial score (nSPS) is 30.6. The first-order valence-electron chi connectivity index (χ1n) is 11.3. The van der Waals surface area contributed by atoms with Crippen molar-refractivity contribution < 1.29 is 19.1 Å². The first-order valence-corrected chi connectivity index (χ1v) is 12.1. The summed E-state index contributed by atoms with van der Waals surface area (Å²) in [5.74, 6) is 1.34. The van der Waals surface area contributed by atoms with Crippen LogP contribution in [0.15, 0.2) is 53.7 Å². The molecule has 2 amide bonds. The summed E-state index contributed by atoms with van der Waals surface area (Å²) in [6.45, 7) is 0.290. The van der Waals surface area contributed by atoms with Crippen molar-refractivity contribution in [3.63, 3.8) is 0 Å². The number of amides is 2. The molecule has 3 fully saturated rings. The summed E-state index contributed by atoms with van der Waals surface area (Å²) in [5, 5.41) is 6.32. The summed E-state index contributed by atoms with van der Waals surface area (Å²) in [6, 6.07) is 10.7. The Morgan fingerprint density at radius 2 is 1.68 bits per heavy atom. The molecule has 174 valence electrons. The highest BCUT2D eigenvalue weighted by molar-refractivity contribution is 6.32. The van der Waals surface area contributed by atoms with Gasteiger partial charge in [-0.2, -0.15) is 10.1 Å². The highest BCUT2D eigenvalue weighted by Gasteiger charge is 2.67. The molecular formula is C26H22Cl2N2O4. The molecular weight excluding hydrogens is 475 g/mol. The molecule has 6 nitrogen and oxygen atoms in total. The van der Waals surface area contributed by atoms with Crippen LogP contribution in [0.2, 0.25) is 10.0 Å². The molecule has 2 aromatic carbocycles. The molecule has 4 aliphatic carbocycles. The average molecular weight is 497 g/mol. The number of carbonyl (C=O) groups is 2. The van der Waals surface area contributed by atoms with E-state index < -0.39 is 0 Å². The molecule has 5 aliphatic rings. The summed E-state index contributed by atoms with van der Waals surface area (Å²) in [5.41, 5.74) is 1.53. The molecule has 1 heterocycles. The Bertz CT molecular complexity index is 1210. The number of benzene rings is 2. The zero-order valence-corrected chi connectivity index (χ0v) is 19.9. The predicted octanol–water partition coefficient (Wildman–Crippen LogP) is 4.97. The standard InChI is InChI=1S/C26H22Cl2N2O4/c1-33-21-9-14(8-20(28)24(21)34-12-13-2-4-15(27)5-3-13)11-29-30-25(31)22-16-6-7-17(19-10-18(16)19)23(22)26(30)32/h2-9,11,16-19,22-23H,10,12H2,1H3/b29-11-/t16-,17-,18-,19+,22+,23+/m0/s1. The fraction of sp³-hybridized carbons (Fsp3) is 0.346. The number of hydrazone groups is 1. The molecule has 6 atom stereocenters. The largest absolute Gasteiger partial charge is 0.493 e. The van der Waals surface area contributed by atoms with Crippen molar-refractivity contribution >= 4 is 41.2 Å². The van der Waals surface area contributed by atoms with Crippen LogP contribution in [-0.2, 0) is 16.2 Å². The van der Waals surface area contributed by atoms with Gasteiger partial charge in [-0.25, -0.2) is 0 Å². The number of halogens is 2. The van der Waals surface area contributed by atoms with E-state index in [1.165, 1.54) is 13.3 Å². The Morgan fingerprint density at radius 1 is 1.03 bits per heavy atom. The minimum atomic E-state index is -0.273. The van der Waals surface area contributed by atoms with Crippen LogP contribution in [0.4, 0.5) is 0 Å². The summed E-state index contributed by atoms with van der Waals surface area (Å²) in [7, 11) is 1.52. The van der Waals surface area contributed by atoms with E-state index in [-0.39, 0.29) is 35.5 Å². The molecule has 34 heavy (non-hydrogen) atoms. The molecule has 1 aliphatic heterocycles. The molecule has 0 unspecified atom stereocenters. The lowest BCUT2D eigenvalue weighted by Crippen LogP contribution is -2.40. The second kappa shape index (κ2) is 8.14. The molecule has 2 aromatic rings. The lowest BCUT2D eigenvalue weighted by atomic mass is 9.63. The molecule has 2 bridgehead atoms. The number of imide groups is 1. The fourth-order valence-corrected chi connectivity index (χ4v) is 6.27. The summed E-state index contributed by atoms with van der Waals surface area (Å²) in [4.78, 5) is 26.2. The van der Waals surface area contributed by atoms with Gasteiger partial charge in [-0.1, -0.05) is 47.5 Å². The molecule has 1 saturated heterocycles. The van der Waals surface area contributed by atoms with Gasteiger partial charge in [0, 0.05) is 5.02 Å². The van der Waals surface area contributed by atoms with E-state index in [0.717, 1.165) is 17.0 Å². The molecule has 2 saturated carbocycles. The molecule has 8 heteroatoms. The van der Waals surface area contributed by atoms with E-state index in [1.807, 2.05) is 12.1 Å². The number of allylic oxidation sites excluding steroid dienone is 2. The van der Waals surface area contributed by atoms with Gasteiger partial charge >= 0.3 is 0 Å². The number of nitrogens with zero attached hydrogens (tertiary/aromatic N) is 2. The number of hydrogen-bond acceptors (Lipinski definition) is 5. The van der Waals surface area contributed by atoms with Crippen LogP contribution in [0.5, 0.6) is 11.5 Å². The molecule has 0 N–H and O–H groups in total. The van der Waals surface area contributed by atoms with Crippen molar-refractivity contribution in [2.24, 2.45) is 40.6 Å². The van der Waals surface area contributed by atoms with Crippen molar-refractivity contribution in [1.82, 2.24) is 5.01 Å². The Hall–Kier alpha value is -2.83. The van der Waals surface area contributed by atoms with E-state index in [0.29, 0.717) is 45.6 Å². The number of ether oxygens (including phenoxy) is 2. The second-order valence-corrected chi connectivity index (χ2v) is 10.2. The van der Waals surface area contributed by atoms with Crippen molar-refractivity contribution in [2.75, 3.05) is 7.11 Å². The topological polar surface area (TPSA) is 68.2 Å². The van der Waals surface area contributed by atoms with E-state index >= 15 is 0 Å². The maximum absolute atomic E-state index is 13.1. The van der Waals surface area contributed by atoms with Gasteiger partial charge in [-0.3, -0.25) is 9.59 Å². The molecule has 0 aromatic heterocycles. The van der Waals surface area contributed by atoms with Gasteiger partial charge in [-0.05, 0) is 65.5 Å². The maximum Gasteiger partial charge on any atom is 0.254 e. The van der Waals surface area contributed by atoms with Gasteiger partial charge in [0.15, 0.2) is 11.5 Å². The van der Waals surface area contributed by atoms with Crippen LogP contribution in [0, 0.1) is 35.5 Å². The first-order chi connectivity index (χ1) is 16.5. The third-order valence-electron chi connectivity index (χ3n) is 7.51. The Kier molecular flexibility index (Phi) is 5.19. The van der Waals surface area contributed by atoms with Crippen molar-refractivity contribution in [2.45, 2.75) is 13.0 Å². The van der Waals surface area contributed by atoms with E-state index in [1.54, 1.807) is 24.3 Å². The summed E-state index contributed by atoms with van der Waals surface area (Å²) < 4.78 is 11.4. The lowest BCUT2D eigenvalue weighted by molar-refractivity contribution is -0.140. The van der Waals surface area contributed by atoms with E-state index in [9.17, 15) is 9.59 Å². The van der Waals surface area contributed by atoms with Crippen molar-refractivity contribution in [1.29, 1.82) is 0 Å². The van der Waals surface area contributed by atoms with E-state index in [2.05, 4.69) is 17.3 Å². The SMILES string of the molecule is COc1cc(/C=N\N2C(=O)[C@@H]3[C@H]4C=C[C@@H]([C@@H]5C[C@H]45)[C@H]3C2=O)cc(Cl)c1OCc1ccc(Cl)cc1. The summed E-state index contributed by atoms with van der Waals surface area (Å²) in [6.07, 6.45) is 6.89. The zero-order valence-electron chi connectivity index (χ0n) is 18.4. The van der Waals surface area contributed by atoms with Crippen molar-refractivity contribution in [3.05, 3.63) is 69.7 Å². The second-order valence-electron chi connectivity index (χ2n) is 9.34. The van der Waals surface area contributed by atoms with Crippen molar-refractivity contribution in [3.8, 4) is 11.5 Å². The Labute approximate surface area is 207 Å². The minimum Gasteiger partial charge on any atom is -0.493 e. The lowest BCUT2D eigenvalue weighted by Gasteiger charge is -2.37. The zero-order chi connectivity index (χ0) is 23.6. The van der Waals surface area contributed by atoms with Crippen LogP contribution in [0.25, 0.3) is 0 Å². The average Bonchev–Trinajstić information content (AvgIpc) is 3.62. The quantitative estimate of drug-likeness (QED) is 0.321. The van der Waals surface area contributed by atoms with Crippen LogP contribution >= 0.6 is 23.2 Å². The smallest absolute Gasteiger partial charge is 0.254 e. The minimum absolute atomic E-state index is 0.170. The van der Waals surface area contributed by atoms with E-state index in [4.69, 9.17) is 32.7 Å². The third kappa shape index (κ3) is 3.43. The Morgan fingerprint density at radius 3 is 2.29 bits per heavy atom.